The van der Waals surface area contributed by atoms with Crippen LogP contribution in [0.15, 0.2) is 66.7 Å². The van der Waals surface area contributed by atoms with Crippen LogP contribution in [0.2, 0.25) is 0 Å². The van der Waals surface area contributed by atoms with Crippen LogP contribution in [0.3, 0.4) is 0 Å². The third kappa shape index (κ3) is 4.94. The van der Waals surface area contributed by atoms with E-state index in [0.717, 1.165) is 24.1 Å². The molecule has 6 heteroatoms. The van der Waals surface area contributed by atoms with Gasteiger partial charge < -0.3 is 19.5 Å². The first-order chi connectivity index (χ1) is 17.2. The summed E-state index contributed by atoms with van der Waals surface area (Å²) in [5, 5.41) is 10.8. The van der Waals surface area contributed by atoms with E-state index in [1.165, 1.54) is 13.2 Å². The van der Waals surface area contributed by atoms with Crippen molar-refractivity contribution in [2.24, 2.45) is 5.92 Å². The Morgan fingerprint density at radius 2 is 1.81 bits per heavy atom. The van der Waals surface area contributed by atoms with E-state index in [0.29, 0.717) is 34.9 Å². The van der Waals surface area contributed by atoms with Crippen molar-refractivity contribution in [1.29, 1.82) is 0 Å². The quantitative estimate of drug-likeness (QED) is 0.387. The zero-order valence-electron chi connectivity index (χ0n) is 21.3. The molecule has 0 saturated carbocycles. The van der Waals surface area contributed by atoms with Gasteiger partial charge in [0, 0.05) is 24.6 Å². The summed E-state index contributed by atoms with van der Waals surface area (Å²) < 4.78 is 11.4. The SMILES string of the molecule is COc1ccc(CC2(OC(=O)c3ccccc3)C(=O)N(CCCC(C)C)c3ccc(C)cc32)c(O)c1. The van der Waals surface area contributed by atoms with E-state index in [1.54, 1.807) is 41.3 Å². The van der Waals surface area contributed by atoms with Crippen LogP contribution in [0.1, 0.15) is 53.7 Å². The van der Waals surface area contributed by atoms with Gasteiger partial charge in [0.05, 0.1) is 18.4 Å². The summed E-state index contributed by atoms with van der Waals surface area (Å²) in [5.74, 6) is 0.0949. The molecule has 188 valence electrons. The fourth-order valence-electron chi connectivity index (χ4n) is 4.72. The number of carbonyl (C=O) groups is 2. The Labute approximate surface area is 212 Å². The molecule has 3 aromatic rings. The Kier molecular flexibility index (Phi) is 7.34. The lowest BCUT2D eigenvalue weighted by Gasteiger charge is -2.29. The largest absolute Gasteiger partial charge is 0.508 e. The Balaban J connectivity index is 1.82. The van der Waals surface area contributed by atoms with Crippen molar-refractivity contribution in [1.82, 2.24) is 0 Å². The van der Waals surface area contributed by atoms with E-state index in [9.17, 15) is 14.7 Å². The maximum absolute atomic E-state index is 14.2. The number of aromatic hydroxyl groups is 1. The van der Waals surface area contributed by atoms with Crippen molar-refractivity contribution in [3.05, 3.63) is 89.0 Å². The minimum Gasteiger partial charge on any atom is -0.508 e. The average molecular weight is 488 g/mol. The summed E-state index contributed by atoms with van der Waals surface area (Å²) in [7, 11) is 1.52. The second-order valence-electron chi connectivity index (χ2n) is 9.77. The zero-order valence-corrected chi connectivity index (χ0v) is 21.3. The highest BCUT2D eigenvalue weighted by Crippen LogP contribution is 2.47. The van der Waals surface area contributed by atoms with E-state index in [2.05, 4.69) is 13.8 Å². The molecule has 1 amide bonds. The van der Waals surface area contributed by atoms with Gasteiger partial charge in [0.1, 0.15) is 11.5 Å². The first-order valence-electron chi connectivity index (χ1n) is 12.3. The number of methoxy groups -OCH3 is 1. The summed E-state index contributed by atoms with van der Waals surface area (Å²) >= 11 is 0. The number of phenolic OH excluding ortho intramolecular Hbond substituents is 1. The van der Waals surface area contributed by atoms with Gasteiger partial charge in [-0.2, -0.15) is 0 Å². The molecule has 0 saturated heterocycles. The molecule has 0 aromatic heterocycles. The van der Waals surface area contributed by atoms with Crippen molar-refractivity contribution in [2.45, 2.75) is 45.6 Å². The van der Waals surface area contributed by atoms with Gasteiger partial charge in [-0.1, -0.05) is 49.7 Å². The summed E-state index contributed by atoms with van der Waals surface area (Å²) in [6.45, 7) is 6.77. The van der Waals surface area contributed by atoms with Gasteiger partial charge in [0.15, 0.2) is 0 Å². The number of hydrogen-bond acceptors (Lipinski definition) is 5. The van der Waals surface area contributed by atoms with E-state index in [4.69, 9.17) is 9.47 Å². The first kappa shape index (κ1) is 25.3. The average Bonchev–Trinajstić information content (AvgIpc) is 3.07. The van der Waals surface area contributed by atoms with Crippen molar-refractivity contribution < 1.29 is 24.2 Å². The number of ether oxygens (including phenoxy) is 2. The Morgan fingerprint density at radius 3 is 2.47 bits per heavy atom. The molecular weight excluding hydrogens is 454 g/mol. The fourth-order valence-corrected chi connectivity index (χ4v) is 4.72. The van der Waals surface area contributed by atoms with Gasteiger partial charge in [-0.25, -0.2) is 4.79 Å². The Morgan fingerprint density at radius 1 is 1.06 bits per heavy atom. The lowest BCUT2D eigenvalue weighted by molar-refractivity contribution is -0.137. The summed E-state index contributed by atoms with van der Waals surface area (Å²) in [6.07, 6.45) is 1.80. The number of hydrogen-bond donors (Lipinski definition) is 1. The molecule has 1 heterocycles. The minimum atomic E-state index is -1.61. The Bertz CT molecular complexity index is 1250. The molecule has 3 aromatic carbocycles. The maximum atomic E-state index is 14.2. The summed E-state index contributed by atoms with van der Waals surface area (Å²) in [4.78, 5) is 29.3. The number of nitrogens with zero attached hydrogens (tertiary/aromatic N) is 1. The zero-order chi connectivity index (χ0) is 25.9. The van der Waals surface area contributed by atoms with Gasteiger partial charge in [-0.15, -0.1) is 0 Å². The molecule has 36 heavy (non-hydrogen) atoms. The molecule has 0 aliphatic carbocycles. The molecule has 1 N–H and O–H groups in total. The van der Waals surface area contributed by atoms with Gasteiger partial charge in [0.2, 0.25) is 5.60 Å². The fraction of sp³-hybridized carbons (Fsp3) is 0.333. The van der Waals surface area contributed by atoms with Gasteiger partial charge in [0.25, 0.3) is 5.91 Å². The highest BCUT2D eigenvalue weighted by atomic mass is 16.6. The number of esters is 1. The number of fused-ring (bicyclic) bond motifs is 1. The third-order valence-electron chi connectivity index (χ3n) is 6.64. The highest BCUT2D eigenvalue weighted by Gasteiger charge is 2.54. The predicted molar refractivity (Wildman–Crippen MR) is 140 cm³/mol. The molecule has 0 spiro atoms. The van der Waals surface area contributed by atoms with Crippen LogP contribution in [0.5, 0.6) is 11.5 Å². The van der Waals surface area contributed by atoms with E-state index in [-0.39, 0.29) is 18.1 Å². The van der Waals surface area contributed by atoms with Crippen LogP contribution in [0.4, 0.5) is 5.69 Å². The second-order valence-corrected chi connectivity index (χ2v) is 9.77. The van der Waals surface area contributed by atoms with Gasteiger partial charge in [-0.05, 0) is 61.6 Å². The summed E-state index contributed by atoms with van der Waals surface area (Å²) in [6, 6.07) is 19.4. The lowest BCUT2D eigenvalue weighted by atomic mass is 9.86. The third-order valence-corrected chi connectivity index (χ3v) is 6.64. The van der Waals surface area contributed by atoms with Crippen LogP contribution < -0.4 is 9.64 Å². The molecular formula is C30H33NO5. The van der Waals surface area contributed by atoms with Crippen molar-refractivity contribution in [3.63, 3.8) is 0 Å². The lowest BCUT2D eigenvalue weighted by Crippen LogP contribution is -2.45. The molecule has 1 unspecified atom stereocenters. The monoisotopic (exact) mass is 487 g/mol. The highest BCUT2D eigenvalue weighted by molar-refractivity contribution is 6.09. The van der Waals surface area contributed by atoms with Gasteiger partial charge >= 0.3 is 5.97 Å². The summed E-state index contributed by atoms with van der Waals surface area (Å²) in [5.41, 5.74) is 1.56. The second kappa shape index (κ2) is 10.4. The van der Waals surface area contributed by atoms with Crippen LogP contribution >= 0.6 is 0 Å². The number of rotatable bonds is 9. The molecule has 1 atom stereocenters. The smallest absolute Gasteiger partial charge is 0.339 e. The molecule has 1 aliphatic heterocycles. The van der Waals surface area contributed by atoms with Crippen molar-refractivity contribution >= 4 is 17.6 Å². The number of carbonyl (C=O) groups excluding carboxylic acids is 2. The van der Waals surface area contributed by atoms with Crippen LogP contribution in [0.25, 0.3) is 0 Å². The molecule has 4 rings (SSSR count). The number of anilines is 1. The van der Waals surface area contributed by atoms with E-state index < -0.39 is 11.6 Å². The first-order valence-corrected chi connectivity index (χ1v) is 12.3. The normalized spacial score (nSPS) is 16.8. The standard InChI is InChI=1S/C30H33NO5/c1-20(2)9-8-16-31-26-15-12-21(3)17-25(26)30(29(31)34,36-28(33)22-10-6-5-7-11-22)19-23-13-14-24(35-4)18-27(23)32/h5-7,10-15,17-18,20,32H,8-9,16,19H2,1-4H3. The predicted octanol–water partition coefficient (Wildman–Crippen LogP) is 5.79. The van der Waals surface area contributed by atoms with Crippen LogP contribution in [-0.2, 0) is 21.6 Å². The maximum Gasteiger partial charge on any atom is 0.339 e. The van der Waals surface area contributed by atoms with Crippen molar-refractivity contribution in [2.75, 3.05) is 18.6 Å². The van der Waals surface area contributed by atoms with E-state index >= 15 is 0 Å². The molecule has 0 radical (unpaired) electrons. The number of phenols is 1. The van der Waals surface area contributed by atoms with E-state index in [1.807, 2.05) is 31.2 Å². The van der Waals surface area contributed by atoms with Crippen LogP contribution in [-0.4, -0.2) is 30.6 Å². The Hall–Kier alpha value is -3.80. The molecule has 1 aliphatic rings. The van der Waals surface area contributed by atoms with Crippen molar-refractivity contribution in [3.8, 4) is 11.5 Å². The van der Waals surface area contributed by atoms with Gasteiger partial charge in [-0.3, -0.25) is 4.79 Å². The molecule has 0 fully saturated rings. The topological polar surface area (TPSA) is 76.1 Å². The number of aryl methyl sites for hydroxylation is 1. The van der Waals surface area contributed by atoms with Crippen LogP contribution in [0, 0.1) is 12.8 Å². The minimum absolute atomic E-state index is 0.00261. The molecule has 6 nitrogen and oxygen atoms in total. The molecule has 0 bridgehead atoms. The number of amides is 1. The number of benzene rings is 3.